The van der Waals surface area contributed by atoms with Gasteiger partial charge in [-0.05, 0) is 38.9 Å². The largest absolute Gasteiger partial charge is 0.490 e. The first-order valence-corrected chi connectivity index (χ1v) is 9.33. The van der Waals surface area contributed by atoms with Gasteiger partial charge in [0.2, 0.25) is 10.0 Å². The highest BCUT2D eigenvalue weighted by atomic mass is 32.2. The zero-order valence-electron chi connectivity index (χ0n) is 13.6. The second-order valence-corrected chi connectivity index (χ2v) is 6.88. The molecule has 1 heterocycles. The topological polar surface area (TPSA) is 76.7 Å². The molecule has 0 bridgehead atoms. The van der Waals surface area contributed by atoms with E-state index >= 15 is 0 Å². The molecule has 0 fully saturated rings. The summed E-state index contributed by atoms with van der Waals surface area (Å²) < 4.78 is 38.5. The van der Waals surface area contributed by atoms with Gasteiger partial charge in [0.05, 0.1) is 18.1 Å². The maximum Gasteiger partial charge on any atom is 0.240 e. The van der Waals surface area contributed by atoms with Crippen LogP contribution >= 0.6 is 0 Å². The van der Waals surface area contributed by atoms with E-state index in [4.69, 9.17) is 9.47 Å². The lowest BCUT2D eigenvalue weighted by molar-refractivity contribution is 0.287. The van der Waals surface area contributed by atoms with Crippen LogP contribution in [-0.4, -0.2) is 41.3 Å². The number of benzene rings is 1. The number of hydrogen-bond acceptors (Lipinski definition) is 5. The molecule has 1 aliphatic heterocycles. The van der Waals surface area contributed by atoms with Crippen molar-refractivity contribution in [3.63, 3.8) is 0 Å². The molecular formula is C16H24N2O4S. The molecule has 128 valence electrons. The van der Waals surface area contributed by atoms with Crippen molar-refractivity contribution in [1.82, 2.24) is 10.0 Å². The third kappa shape index (κ3) is 4.95. The Labute approximate surface area is 137 Å². The first-order chi connectivity index (χ1) is 11.1. The minimum atomic E-state index is -3.58. The molecule has 1 aromatic rings. The van der Waals surface area contributed by atoms with E-state index < -0.39 is 10.0 Å². The smallest absolute Gasteiger partial charge is 0.240 e. The van der Waals surface area contributed by atoms with Gasteiger partial charge < -0.3 is 14.8 Å². The Balaban J connectivity index is 2.14. The van der Waals surface area contributed by atoms with E-state index in [9.17, 15) is 8.42 Å². The van der Waals surface area contributed by atoms with Crippen LogP contribution in [0.1, 0.15) is 20.3 Å². The molecule has 0 saturated carbocycles. The number of rotatable bonds is 8. The summed E-state index contributed by atoms with van der Waals surface area (Å²) in [6, 6.07) is 4.67. The summed E-state index contributed by atoms with van der Waals surface area (Å²) in [5, 5.41) is 3.20. The van der Waals surface area contributed by atoms with Crippen LogP contribution in [0.2, 0.25) is 0 Å². The van der Waals surface area contributed by atoms with Gasteiger partial charge in [0, 0.05) is 19.2 Å². The van der Waals surface area contributed by atoms with E-state index in [2.05, 4.69) is 10.0 Å². The Bertz CT molecular complexity index is 656. The summed E-state index contributed by atoms with van der Waals surface area (Å²) in [4.78, 5) is 0.180. The van der Waals surface area contributed by atoms with Gasteiger partial charge in [0.1, 0.15) is 0 Å². The Morgan fingerprint density at radius 2 is 1.91 bits per heavy atom. The normalized spacial score (nSPS) is 15.1. The van der Waals surface area contributed by atoms with Crippen LogP contribution in [0.25, 0.3) is 0 Å². The van der Waals surface area contributed by atoms with Crippen molar-refractivity contribution in [2.24, 2.45) is 0 Å². The molecular weight excluding hydrogens is 316 g/mol. The summed E-state index contributed by atoms with van der Waals surface area (Å²) in [5.74, 6) is 0.993. The van der Waals surface area contributed by atoms with Crippen molar-refractivity contribution >= 4 is 10.0 Å². The fourth-order valence-corrected chi connectivity index (χ4v) is 3.35. The molecule has 2 N–H and O–H groups in total. The Hall–Kier alpha value is -1.57. The fourth-order valence-electron chi connectivity index (χ4n) is 2.30. The lowest BCUT2D eigenvalue weighted by Crippen LogP contribution is -2.29. The van der Waals surface area contributed by atoms with Crippen LogP contribution in [0, 0.1) is 0 Å². The van der Waals surface area contributed by atoms with Crippen LogP contribution in [0.5, 0.6) is 11.5 Å². The molecule has 0 radical (unpaired) electrons. The van der Waals surface area contributed by atoms with E-state index in [1.807, 2.05) is 19.9 Å². The summed E-state index contributed by atoms with van der Waals surface area (Å²) in [6.45, 7) is 6.65. The Kier molecular flexibility index (Phi) is 6.44. The summed E-state index contributed by atoms with van der Waals surface area (Å²) in [5.41, 5.74) is 1.10. The Morgan fingerprint density at radius 3 is 2.57 bits per heavy atom. The number of nitrogens with one attached hydrogen (secondary N) is 2. The van der Waals surface area contributed by atoms with Crippen molar-refractivity contribution in [3.05, 3.63) is 29.8 Å². The van der Waals surface area contributed by atoms with Gasteiger partial charge in [-0.15, -0.1) is 0 Å². The molecule has 0 spiro atoms. The molecule has 0 aromatic heterocycles. The predicted molar refractivity (Wildman–Crippen MR) is 89.5 cm³/mol. The monoisotopic (exact) mass is 340 g/mol. The molecule has 7 heteroatoms. The van der Waals surface area contributed by atoms with E-state index in [-0.39, 0.29) is 4.90 Å². The molecule has 0 saturated heterocycles. The molecule has 0 amide bonds. The first kappa shape index (κ1) is 17.8. The van der Waals surface area contributed by atoms with Crippen molar-refractivity contribution in [2.45, 2.75) is 25.2 Å². The predicted octanol–water partition coefficient (Wildman–Crippen LogP) is 1.68. The minimum absolute atomic E-state index is 0.180. The third-order valence-corrected chi connectivity index (χ3v) is 4.87. The Morgan fingerprint density at radius 1 is 1.17 bits per heavy atom. The van der Waals surface area contributed by atoms with E-state index in [0.717, 1.165) is 25.1 Å². The van der Waals surface area contributed by atoms with Gasteiger partial charge in [-0.2, -0.15) is 0 Å². The fraction of sp³-hybridized carbons (Fsp3) is 0.500. The van der Waals surface area contributed by atoms with Gasteiger partial charge in [-0.3, -0.25) is 0 Å². The summed E-state index contributed by atoms with van der Waals surface area (Å²) in [7, 11) is -3.58. The van der Waals surface area contributed by atoms with Crippen LogP contribution in [0.15, 0.2) is 34.7 Å². The SMILES string of the molecule is CCOc1ccc(S(=O)(=O)NCC2=CCNCC2)cc1OCC. The molecule has 2 rings (SSSR count). The number of hydrogen-bond donors (Lipinski definition) is 2. The molecule has 0 unspecified atom stereocenters. The van der Waals surface area contributed by atoms with E-state index in [1.54, 1.807) is 6.07 Å². The van der Waals surface area contributed by atoms with E-state index in [0.29, 0.717) is 31.3 Å². The zero-order valence-corrected chi connectivity index (χ0v) is 14.4. The molecule has 1 aliphatic rings. The molecule has 6 nitrogen and oxygen atoms in total. The molecule has 23 heavy (non-hydrogen) atoms. The highest BCUT2D eigenvalue weighted by Gasteiger charge is 2.18. The maximum absolute atomic E-state index is 12.5. The van der Waals surface area contributed by atoms with Crippen LogP contribution < -0.4 is 19.5 Å². The maximum atomic E-state index is 12.5. The average molecular weight is 340 g/mol. The third-order valence-electron chi connectivity index (χ3n) is 3.47. The lowest BCUT2D eigenvalue weighted by Gasteiger charge is -2.16. The standard InChI is InChI=1S/C16H24N2O4S/c1-3-21-15-6-5-14(11-16(15)22-4-2)23(19,20)18-12-13-7-9-17-10-8-13/h5-7,11,17-18H,3-4,8-10,12H2,1-2H3. The second-order valence-electron chi connectivity index (χ2n) is 5.12. The van der Waals surface area contributed by atoms with Gasteiger partial charge in [0.15, 0.2) is 11.5 Å². The number of ether oxygens (including phenoxy) is 2. The van der Waals surface area contributed by atoms with Gasteiger partial charge in [0.25, 0.3) is 0 Å². The van der Waals surface area contributed by atoms with Crippen molar-refractivity contribution in [2.75, 3.05) is 32.8 Å². The molecule has 0 atom stereocenters. The van der Waals surface area contributed by atoms with Crippen LogP contribution in [-0.2, 0) is 10.0 Å². The zero-order chi connectivity index (χ0) is 16.7. The van der Waals surface area contributed by atoms with Crippen LogP contribution in [0.4, 0.5) is 0 Å². The highest BCUT2D eigenvalue weighted by molar-refractivity contribution is 7.89. The van der Waals surface area contributed by atoms with E-state index in [1.165, 1.54) is 12.1 Å². The summed E-state index contributed by atoms with van der Waals surface area (Å²) in [6.07, 6.45) is 2.88. The highest BCUT2D eigenvalue weighted by Crippen LogP contribution is 2.30. The van der Waals surface area contributed by atoms with Crippen molar-refractivity contribution in [1.29, 1.82) is 0 Å². The first-order valence-electron chi connectivity index (χ1n) is 7.84. The minimum Gasteiger partial charge on any atom is -0.490 e. The molecule has 0 aliphatic carbocycles. The van der Waals surface area contributed by atoms with Crippen molar-refractivity contribution in [3.8, 4) is 11.5 Å². The van der Waals surface area contributed by atoms with Crippen LogP contribution in [0.3, 0.4) is 0 Å². The van der Waals surface area contributed by atoms with Gasteiger partial charge in [-0.1, -0.05) is 11.6 Å². The number of sulfonamides is 1. The van der Waals surface area contributed by atoms with Gasteiger partial charge >= 0.3 is 0 Å². The molecule has 1 aromatic carbocycles. The van der Waals surface area contributed by atoms with Gasteiger partial charge in [-0.25, -0.2) is 13.1 Å². The second kappa shape index (κ2) is 8.33. The average Bonchev–Trinajstić information content (AvgIpc) is 2.56. The summed E-state index contributed by atoms with van der Waals surface area (Å²) >= 11 is 0. The quantitative estimate of drug-likeness (QED) is 0.704. The lowest BCUT2D eigenvalue weighted by atomic mass is 10.1. The van der Waals surface area contributed by atoms with Crippen molar-refractivity contribution < 1.29 is 17.9 Å².